The molecule has 0 aliphatic rings. The van der Waals surface area contributed by atoms with Gasteiger partial charge in [0.1, 0.15) is 5.82 Å². The minimum absolute atomic E-state index is 0.00808. The maximum absolute atomic E-state index is 12.0. The Morgan fingerprint density at radius 1 is 1.43 bits per heavy atom. The van der Waals surface area contributed by atoms with Crippen LogP contribution in [0.25, 0.3) is 0 Å². The number of carbonyl (C=O) groups excluding carboxylic acids is 1. The number of nitrogen functional groups attached to an aromatic ring is 1. The number of aromatic nitrogens is 2. The van der Waals surface area contributed by atoms with Gasteiger partial charge in [0.05, 0.1) is 0 Å². The van der Waals surface area contributed by atoms with Crippen LogP contribution in [0.5, 0.6) is 0 Å². The molecule has 0 aliphatic heterocycles. The van der Waals surface area contributed by atoms with Crippen LogP contribution in [0.1, 0.15) is 37.6 Å². The van der Waals surface area contributed by atoms with E-state index in [-0.39, 0.29) is 5.91 Å². The molecule has 2 aromatic rings. The number of nitrogens with zero attached hydrogens (tertiary/aromatic N) is 2. The van der Waals surface area contributed by atoms with Crippen LogP contribution in [0.4, 0.5) is 11.4 Å². The topological polar surface area (TPSA) is 72.9 Å². The Balaban J connectivity index is 1.94. The number of nitrogens with one attached hydrogen (secondary N) is 1. The number of hydrogen-bond acceptors (Lipinski definition) is 3. The van der Waals surface area contributed by atoms with Gasteiger partial charge in [-0.3, -0.25) is 4.79 Å². The maximum Gasteiger partial charge on any atom is 0.226 e. The average Bonchev–Trinajstić information content (AvgIpc) is 2.88. The van der Waals surface area contributed by atoms with Crippen LogP contribution in [0.3, 0.4) is 0 Å². The molecule has 1 amide bonds. The zero-order valence-corrected chi connectivity index (χ0v) is 12.8. The molecule has 2 rings (SSSR count). The number of carbonyl (C=O) groups is 1. The first-order valence-corrected chi connectivity index (χ1v) is 7.14. The van der Waals surface area contributed by atoms with Crippen molar-refractivity contribution in [3.8, 4) is 0 Å². The van der Waals surface area contributed by atoms with Crippen LogP contribution in [-0.2, 0) is 11.3 Å². The van der Waals surface area contributed by atoms with Crippen LogP contribution in [0, 0.1) is 6.92 Å². The lowest BCUT2D eigenvalue weighted by atomic mass is 10.1. The Hall–Kier alpha value is -2.30. The lowest BCUT2D eigenvalue weighted by Gasteiger charge is -2.11. The minimum atomic E-state index is -0.00808. The van der Waals surface area contributed by atoms with Crippen molar-refractivity contribution >= 4 is 17.3 Å². The molecule has 3 N–H and O–H groups in total. The first-order valence-electron chi connectivity index (χ1n) is 7.14. The summed E-state index contributed by atoms with van der Waals surface area (Å²) in [6.45, 7) is 6.75. The van der Waals surface area contributed by atoms with E-state index in [0.717, 1.165) is 17.1 Å². The smallest absolute Gasteiger partial charge is 0.226 e. The quantitative estimate of drug-likeness (QED) is 0.830. The van der Waals surface area contributed by atoms with E-state index in [2.05, 4.69) is 24.1 Å². The Morgan fingerprint density at radius 2 is 2.19 bits per heavy atom. The molecule has 0 saturated heterocycles. The van der Waals surface area contributed by atoms with E-state index in [4.69, 9.17) is 5.73 Å². The zero-order valence-electron chi connectivity index (χ0n) is 12.8. The summed E-state index contributed by atoms with van der Waals surface area (Å²) in [5, 5.41) is 2.92. The predicted octanol–water partition coefficient (Wildman–Crippen LogP) is 2.93. The molecule has 0 aliphatic carbocycles. The number of aryl methyl sites for hydroxylation is 2. The predicted molar refractivity (Wildman–Crippen MR) is 85.2 cm³/mol. The summed E-state index contributed by atoms with van der Waals surface area (Å²) in [4.78, 5) is 16.4. The number of rotatable bonds is 5. The molecule has 21 heavy (non-hydrogen) atoms. The van der Waals surface area contributed by atoms with Gasteiger partial charge in [-0.25, -0.2) is 4.98 Å². The highest BCUT2D eigenvalue weighted by Crippen LogP contribution is 2.18. The molecule has 112 valence electrons. The Bertz CT molecular complexity index is 631. The summed E-state index contributed by atoms with van der Waals surface area (Å²) < 4.78 is 2.03. The average molecular weight is 286 g/mol. The standard InChI is InChI=1S/C16H22N4O/c1-11(2)16-18-7-9-20(16)8-6-15(21)19-14-5-4-13(17)10-12(14)3/h4-5,7,9-11H,6,8,17H2,1-3H3,(H,19,21). The summed E-state index contributed by atoms with van der Waals surface area (Å²) in [5.41, 5.74) is 8.18. The van der Waals surface area contributed by atoms with E-state index in [1.165, 1.54) is 0 Å². The number of hydrogen-bond donors (Lipinski definition) is 2. The molecule has 0 saturated carbocycles. The summed E-state index contributed by atoms with van der Waals surface area (Å²) in [7, 11) is 0. The molecule has 1 aromatic heterocycles. The van der Waals surface area contributed by atoms with Crippen LogP contribution in [0.2, 0.25) is 0 Å². The van der Waals surface area contributed by atoms with Crippen LogP contribution in [0.15, 0.2) is 30.6 Å². The molecular weight excluding hydrogens is 264 g/mol. The fourth-order valence-electron chi connectivity index (χ4n) is 2.27. The van der Waals surface area contributed by atoms with E-state index < -0.39 is 0 Å². The summed E-state index contributed by atoms with van der Waals surface area (Å²) >= 11 is 0. The Kier molecular flexibility index (Phi) is 4.62. The van der Waals surface area contributed by atoms with E-state index in [1.54, 1.807) is 12.3 Å². The third kappa shape index (κ3) is 3.84. The van der Waals surface area contributed by atoms with Gasteiger partial charge in [-0.2, -0.15) is 0 Å². The lowest BCUT2D eigenvalue weighted by molar-refractivity contribution is -0.116. The van der Waals surface area contributed by atoms with Gasteiger partial charge in [-0.15, -0.1) is 0 Å². The SMILES string of the molecule is Cc1cc(N)ccc1NC(=O)CCn1ccnc1C(C)C. The number of nitrogens with two attached hydrogens (primary N) is 1. The van der Waals surface area contributed by atoms with Crippen LogP contribution < -0.4 is 11.1 Å². The molecule has 5 heteroatoms. The molecule has 0 unspecified atom stereocenters. The highest BCUT2D eigenvalue weighted by Gasteiger charge is 2.09. The summed E-state index contributed by atoms with van der Waals surface area (Å²) in [6.07, 6.45) is 4.11. The van der Waals surface area contributed by atoms with Crippen molar-refractivity contribution in [3.05, 3.63) is 42.0 Å². The second-order valence-electron chi connectivity index (χ2n) is 5.51. The second-order valence-corrected chi connectivity index (χ2v) is 5.51. The van der Waals surface area contributed by atoms with Gasteiger partial charge in [-0.1, -0.05) is 13.8 Å². The van der Waals surface area contributed by atoms with E-state index in [0.29, 0.717) is 24.6 Å². The molecule has 0 fully saturated rings. The summed E-state index contributed by atoms with van der Waals surface area (Å²) in [5.74, 6) is 1.35. The van der Waals surface area contributed by atoms with E-state index >= 15 is 0 Å². The molecule has 5 nitrogen and oxygen atoms in total. The van der Waals surface area contributed by atoms with E-state index in [1.807, 2.05) is 29.8 Å². The molecule has 0 atom stereocenters. The normalized spacial score (nSPS) is 10.9. The lowest BCUT2D eigenvalue weighted by Crippen LogP contribution is -2.16. The Labute approximate surface area is 125 Å². The van der Waals surface area contributed by atoms with Crippen molar-refractivity contribution in [2.75, 3.05) is 11.1 Å². The molecule has 1 heterocycles. The van der Waals surface area contributed by atoms with Gasteiger partial charge in [-0.05, 0) is 30.7 Å². The molecular formula is C16H22N4O. The number of benzene rings is 1. The van der Waals surface area contributed by atoms with Gasteiger partial charge in [0, 0.05) is 42.7 Å². The molecule has 0 radical (unpaired) electrons. The zero-order chi connectivity index (χ0) is 15.4. The van der Waals surface area contributed by atoms with Crippen molar-refractivity contribution in [1.29, 1.82) is 0 Å². The Morgan fingerprint density at radius 3 is 2.86 bits per heavy atom. The largest absolute Gasteiger partial charge is 0.399 e. The van der Waals surface area contributed by atoms with Crippen molar-refractivity contribution in [3.63, 3.8) is 0 Å². The van der Waals surface area contributed by atoms with Gasteiger partial charge in [0.2, 0.25) is 5.91 Å². The first kappa shape index (κ1) is 15.1. The van der Waals surface area contributed by atoms with Gasteiger partial charge < -0.3 is 15.6 Å². The highest BCUT2D eigenvalue weighted by atomic mass is 16.1. The van der Waals surface area contributed by atoms with Crippen molar-refractivity contribution in [2.45, 2.75) is 39.7 Å². The van der Waals surface area contributed by atoms with Crippen LogP contribution in [-0.4, -0.2) is 15.5 Å². The van der Waals surface area contributed by atoms with Crippen molar-refractivity contribution in [2.24, 2.45) is 0 Å². The van der Waals surface area contributed by atoms with E-state index in [9.17, 15) is 4.79 Å². The number of anilines is 2. The monoisotopic (exact) mass is 286 g/mol. The third-order valence-corrected chi connectivity index (χ3v) is 3.37. The third-order valence-electron chi connectivity index (χ3n) is 3.37. The second kappa shape index (κ2) is 6.43. The highest BCUT2D eigenvalue weighted by molar-refractivity contribution is 5.91. The molecule has 0 bridgehead atoms. The van der Waals surface area contributed by atoms with Gasteiger partial charge in [0.15, 0.2) is 0 Å². The van der Waals surface area contributed by atoms with Gasteiger partial charge >= 0.3 is 0 Å². The first-order chi connectivity index (χ1) is 9.97. The van der Waals surface area contributed by atoms with Crippen molar-refractivity contribution in [1.82, 2.24) is 9.55 Å². The maximum atomic E-state index is 12.0. The summed E-state index contributed by atoms with van der Waals surface area (Å²) in [6, 6.07) is 5.47. The number of imidazole rings is 1. The van der Waals surface area contributed by atoms with Gasteiger partial charge in [0.25, 0.3) is 0 Å². The molecule has 0 spiro atoms. The fourth-order valence-corrected chi connectivity index (χ4v) is 2.27. The van der Waals surface area contributed by atoms with Crippen LogP contribution >= 0.6 is 0 Å². The van der Waals surface area contributed by atoms with Crippen molar-refractivity contribution < 1.29 is 4.79 Å². The number of amides is 1. The minimum Gasteiger partial charge on any atom is -0.399 e. The molecule has 1 aromatic carbocycles. The fraction of sp³-hybridized carbons (Fsp3) is 0.375.